The lowest BCUT2D eigenvalue weighted by Crippen LogP contribution is -2.51. The molecule has 5 fully saturated rings. The second-order valence-corrected chi connectivity index (χ2v) is 9.01. The topological polar surface area (TPSA) is 9.23 Å². The highest BCUT2D eigenvalue weighted by Gasteiger charge is 2.47. The molecule has 0 aromatic heterocycles. The molecule has 6 unspecified atom stereocenters. The smallest absolute Gasteiger partial charge is 0.0634 e. The van der Waals surface area contributed by atoms with Crippen LogP contribution in [0, 0.1) is 35.5 Å². The van der Waals surface area contributed by atoms with Gasteiger partial charge in [0.1, 0.15) is 0 Å². The third-order valence-electron chi connectivity index (χ3n) is 7.72. The molecule has 3 aliphatic carbocycles. The maximum Gasteiger partial charge on any atom is 0.0634 e. The third-order valence-corrected chi connectivity index (χ3v) is 7.72. The number of fused-ring (bicyclic) bond motifs is 2. The molecule has 0 aromatic carbocycles. The zero-order valence-electron chi connectivity index (χ0n) is 14.1. The lowest BCUT2D eigenvalue weighted by molar-refractivity contribution is -0.202. The first-order chi connectivity index (χ1) is 10.2. The fraction of sp³-hybridized carbons (Fsp3) is 1.00. The fourth-order valence-corrected chi connectivity index (χ4v) is 6.29. The summed E-state index contributed by atoms with van der Waals surface area (Å²) in [5.41, 5.74) is 0. The summed E-state index contributed by atoms with van der Waals surface area (Å²) in [4.78, 5) is 0. The van der Waals surface area contributed by atoms with Gasteiger partial charge in [-0.05, 0) is 80.5 Å². The summed E-state index contributed by atoms with van der Waals surface area (Å²) in [6.07, 6.45) is 16.1. The van der Waals surface area contributed by atoms with Crippen LogP contribution < -0.4 is 0 Å². The van der Waals surface area contributed by atoms with E-state index in [0.29, 0.717) is 12.2 Å². The third kappa shape index (κ3) is 2.80. The van der Waals surface area contributed by atoms with Gasteiger partial charge >= 0.3 is 0 Å². The van der Waals surface area contributed by atoms with E-state index in [9.17, 15) is 0 Å². The Morgan fingerprint density at radius 1 is 0.667 bits per heavy atom. The predicted octanol–water partition coefficient (Wildman–Crippen LogP) is 5.43. The molecule has 120 valence electrons. The summed E-state index contributed by atoms with van der Waals surface area (Å²) >= 11 is 0. The maximum atomic E-state index is 6.04. The second kappa shape index (κ2) is 5.87. The van der Waals surface area contributed by atoms with E-state index in [4.69, 9.17) is 4.74 Å². The van der Waals surface area contributed by atoms with Crippen LogP contribution in [0.3, 0.4) is 0 Å². The molecule has 5 aliphatic rings. The second-order valence-electron chi connectivity index (χ2n) is 9.01. The molecule has 0 aromatic rings. The first-order valence-corrected chi connectivity index (χ1v) is 9.86. The Hall–Kier alpha value is -0.0400. The number of hydrogen-bond acceptors (Lipinski definition) is 1. The van der Waals surface area contributed by atoms with E-state index in [1.807, 2.05) is 0 Å². The van der Waals surface area contributed by atoms with Gasteiger partial charge in [-0.3, -0.25) is 0 Å². The molecule has 3 saturated carbocycles. The average molecular weight is 290 g/mol. The molecule has 2 bridgehead atoms. The summed E-state index contributed by atoms with van der Waals surface area (Å²) in [5, 5.41) is 0. The lowest BCUT2D eigenvalue weighted by Gasteiger charge is -2.52. The normalized spacial score (nSPS) is 54.0. The largest absolute Gasteiger partial charge is 0.374 e. The van der Waals surface area contributed by atoms with Gasteiger partial charge < -0.3 is 4.74 Å². The van der Waals surface area contributed by atoms with Crippen LogP contribution >= 0.6 is 0 Å². The summed E-state index contributed by atoms with van der Waals surface area (Å²) in [5.74, 6) is 5.98. The van der Waals surface area contributed by atoms with Crippen LogP contribution in [-0.2, 0) is 4.74 Å². The standard InChI is InChI=1S/C20H34O/c1-13-3-5-15(6-4-13)16-7-9-18(14(2)11-16)19-10-8-17-12-20(19)21-17/h13-20H,3-12H2,1-2H3. The monoisotopic (exact) mass is 290 g/mol. The van der Waals surface area contributed by atoms with E-state index >= 15 is 0 Å². The number of rotatable bonds is 2. The first-order valence-electron chi connectivity index (χ1n) is 9.86. The van der Waals surface area contributed by atoms with Crippen molar-refractivity contribution >= 4 is 0 Å². The minimum atomic E-state index is 0.655. The quantitative estimate of drug-likeness (QED) is 0.658. The van der Waals surface area contributed by atoms with E-state index in [1.165, 1.54) is 64.2 Å². The Balaban J connectivity index is 1.33. The molecule has 1 heteroatoms. The van der Waals surface area contributed by atoms with Crippen LogP contribution in [-0.4, -0.2) is 12.2 Å². The van der Waals surface area contributed by atoms with Gasteiger partial charge in [-0.1, -0.05) is 26.7 Å². The Kier molecular flexibility index (Phi) is 4.07. The molecule has 0 N–H and O–H groups in total. The molecule has 6 atom stereocenters. The molecule has 0 amide bonds. The Morgan fingerprint density at radius 2 is 1.33 bits per heavy atom. The molecular formula is C20H34O. The Morgan fingerprint density at radius 3 is 1.95 bits per heavy atom. The molecule has 2 heterocycles. The van der Waals surface area contributed by atoms with Crippen molar-refractivity contribution in [2.24, 2.45) is 35.5 Å². The highest BCUT2D eigenvalue weighted by molar-refractivity contribution is 4.96. The first kappa shape index (κ1) is 14.5. The molecule has 2 aliphatic heterocycles. The molecule has 5 rings (SSSR count). The zero-order valence-corrected chi connectivity index (χ0v) is 14.1. The fourth-order valence-electron chi connectivity index (χ4n) is 6.29. The maximum absolute atomic E-state index is 6.04. The SMILES string of the molecule is CC1CCC(C2CCC(C3CCC4CC3O4)C(C)C2)CC1. The highest BCUT2D eigenvalue weighted by atomic mass is 16.5. The summed E-state index contributed by atoms with van der Waals surface area (Å²) in [6.45, 7) is 5.01. The van der Waals surface area contributed by atoms with E-state index in [0.717, 1.165) is 35.5 Å². The van der Waals surface area contributed by atoms with E-state index in [1.54, 1.807) is 0 Å². The summed E-state index contributed by atoms with van der Waals surface area (Å²) in [6, 6.07) is 0. The molecular weight excluding hydrogens is 256 g/mol. The van der Waals surface area contributed by atoms with Gasteiger partial charge in [0.25, 0.3) is 0 Å². The van der Waals surface area contributed by atoms with Crippen LogP contribution in [0.15, 0.2) is 0 Å². The zero-order chi connectivity index (χ0) is 14.4. The summed E-state index contributed by atoms with van der Waals surface area (Å²) in [7, 11) is 0. The van der Waals surface area contributed by atoms with Crippen molar-refractivity contribution in [3.63, 3.8) is 0 Å². The van der Waals surface area contributed by atoms with E-state index in [-0.39, 0.29) is 0 Å². The van der Waals surface area contributed by atoms with Gasteiger partial charge in [0.2, 0.25) is 0 Å². The van der Waals surface area contributed by atoms with Crippen molar-refractivity contribution in [3.8, 4) is 0 Å². The van der Waals surface area contributed by atoms with Crippen LogP contribution in [0.5, 0.6) is 0 Å². The van der Waals surface area contributed by atoms with Crippen molar-refractivity contribution in [2.75, 3.05) is 0 Å². The van der Waals surface area contributed by atoms with Crippen LogP contribution in [0.2, 0.25) is 0 Å². The van der Waals surface area contributed by atoms with Crippen LogP contribution in [0.4, 0.5) is 0 Å². The van der Waals surface area contributed by atoms with Crippen molar-refractivity contribution in [1.29, 1.82) is 0 Å². The van der Waals surface area contributed by atoms with Crippen molar-refractivity contribution < 1.29 is 4.74 Å². The summed E-state index contributed by atoms with van der Waals surface area (Å²) < 4.78 is 6.04. The van der Waals surface area contributed by atoms with Gasteiger partial charge in [-0.2, -0.15) is 0 Å². The number of ether oxygens (including phenoxy) is 1. The molecule has 2 saturated heterocycles. The van der Waals surface area contributed by atoms with Crippen LogP contribution in [0.25, 0.3) is 0 Å². The number of hydrogen-bond donors (Lipinski definition) is 0. The Bertz CT molecular complexity index is 348. The predicted molar refractivity (Wildman–Crippen MR) is 87.1 cm³/mol. The molecule has 1 nitrogen and oxygen atoms in total. The molecule has 21 heavy (non-hydrogen) atoms. The van der Waals surface area contributed by atoms with Gasteiger partial charge in [-0.25, -0.2) is 0 Å². The van der Waals surface area contributed by atoms with Gasteiger partial charge in [0.05, 0.1) is 12.2 Å². The Labute approximate surface area is 131 Å². The highest BCUT2D eigenvalue weighted by Crippen LogP contribution is 2.50. The molecule has 0 radical (unpaired) electrons. The van der Waals surface area contributed by atoms with Gasteiger partial charge in [0.15, 0.2) is 0 Å². The average Bonchev–Trinajstić information content (AvgIpc) is 2.47. The van der Waals surface area contributed by atoms with Crippen LogP contribution in [0.1, 0.15) is 78.1 Å². The molecule has 0 spiro atoms. The van der Waals surface area contributed by atoms with Crippen molar-refractivity contribution in [1.82, 2.24) is 0 Å². The minimum Gasteiger partial charge on any atom is -0.374 e. The van der Waals surface area contributed by atoms with Gasteiger partial charge in [0, 0.05) is 6.42 Å². The van der Waals surface area contributed by atoms with Crippen molar-refractivity contribution in [2.45, 2.75) is 90.3 Å². The lowest BCUT2D eigenvalue weighted by atomic mass is 9.60. The minimum absolute atomic E-state index is 0.655. The van der Waals surface area contributed by atoms with Crippen molar-refractivity contribution in [3.05, 3.63) is 0 Å². The van der Waals surface area contributed by atoms with E-state index < -0.39 is 0 Å². The van der Waals surface area contributed by atoms with Gasteiger partial charge in [-0.15, -0.1) is 0 Å². The van der Waals surface area contributed by atoms with E-state index in [2.05, 4.69) is 13.8 Å².